The SMILES string of the molecule is CCCC(=O)NC(c1ccc(Br)cc1)c1c(O)ccc2ccccc12. The highest BCUT2D eigenvalue weighted by Gasteiger charge is 2.22. The number of nitrogens with one attached hydrogen (secondary N) is 1. The summed E-state index contributed by atoms with van der Waals surface area (Å²) in [6.07, 6.45) is 1.24. The number of phenols is 1. The Morgan fingerprint density at radius 3 is 2.52 bits per heavy atom. The van der Waals surface area contributed by atoms with Gasteiger partial charge in [-0.3, -0.25) is 4.79 Å². The third-order valence-electron chi connectivity index (χ3n) is 4.22. The van der Waals surface area contributed by atoms with Crippen molar-refractivity contribution >= 4 is 32.6 Å². The third kappa shape index (κ3) is 3.85. The maximum Gasteiger partial charge on any atom is 0.220 e. The molecule has 0 radical (unpaired) electrons. The topological polar surface area (TPSA) is 49.3 Å². The van der Waals surface area contributed by atoms with Crippen LogP contribution in [0.4, 0.5) is 0 Å². The standard InChI is InChI=1S/C21H20BrNO2/c1-2-5-19(25)23-21(15-8-11-16(22)12-9-15)20-17-7-4-3-6-14(17)10-13-18(20)24/h3-4,6-13,21,24H,2,5H2,1H3,(H,23,25). The van der Waals surface area contributed by atoms with Crippen molar-refractivity contribution in [3.8, 4) is 5.75 Å². The number of carbonyl (C=O) groups is 1. The number of fused-ring (bicyclic) bond motifs is 1. The average molecular weight is 398 g/mol. The van der Waals surface area contributed by atoms with Gasteiger partial charge in [0.25, 0.3) is 0 Å². The normalized spacial score (nSPS) is 12.1. The number of benzene rings is 3. The molecule has 4 heteroatoms. The van der Waals surface area contributed by atoms with Crippen molar-refractivity contribution in [1.82, 2.24) is 5.32 Å². The second kappa shape index (κ2) is 7.70. The van der Waals surface area contributed by atoms with Crippen LogP contribution in [0.1, 0.15) is 36.9 Å². The van der Waals surface area contributed by atoms with Crippen LogP contribution in [0.5, 0.6) is 5.75 Å². The van der Waals surface area contributed by atoms with Gasteiger partial charge in [0.1, 0.15) is 5.75 Å². The van der Waals surface area contributed by atoms with E-state index in [0.717, 1.165) is 32.8 Å². The molecule has 25 heavy (non-hydrogen) atoms. The zero-order chi connectivity index (χ0) is 17.8. The monoisotopic (exact) mass is 397 g/mol. The van der Waals surface area contributed by atoms with E-state index in [1.54, 1.807) is 6.07 Å². The Hall–Kier alpha value is -2.33. The van der Waals surface area contributed by atoms with Gasteiger partial charge in [-0.15, -0.1) is 0 Å². The van der Waals surface area contributed by atoms with Crippen molar-refractivity contribution in [2.75, 3.05) is 0 Å². The average Bonchev–Trinajstić information content (AvgIpc) is 2.61. The van der Waals surface area contributed by atoms with Crippen LogP contribution in [-0.2, 0) is 4.79 Å². The summed E-state index contributed by atoms with van der Waals surface area (Å²) < 4.78 is 0.969. The molecule has 0 bridgehead atoms. The van der Waals surface area contributed by atoms with E-state index in [4.69, 9.17) is 0 Å². The van der Waals surface area contributed by atoms with Gasteiger partial charge in [0.2, 0.25) is 5.91 Å². The van der Waals surface area contributed by atoms with E-state index in [9.17, 15) is 9.90 Å². The molecule has 128 valence electrons. The fourth-order valence-corrected chi connectivity index (χ4v) is 3.29. The third-order valence-corrected chi connectivity index (χ3v) is 4.75. The van der Waals surface area contributed by atoms with E-state index >= 15 is 0 Å². The largest absolute Gasteiger partial charge is 0.508 e. The molecule has 1 atom stereocenters. The second-order valence-corrected chi connectivity index (χ2v) is 6.94. The highest BCUT2D eigenvalue weighted by molar-refractivity contribution is 9.10. The lowest BCUT2D eigenvalue weighted by Gasteiger charge is -2.22. The summed E-state index contributed by atoms with van der Waals surface area (Å²) in [6, 6.07) is 18.9. The van der Waals surface area contributed by atoms with Gasteiger partial charge >= 0.3 is 0 Å². The minimum Gasteiger partial charge on any atom is -0.508 e. The lowest BCUT2D eigenvalue weighted by atomic mass is 9.92. The first-order valence-corrected chi connectivity index (χ1v) is 9.15. The van der Waals surface area contributed by atoms with Crippen molar-refractivity contribution < 1.29 is 9.90 Å². The number of amides is 1. The first kappa shape index (κ1) is 17.5. The molecule has 1 unspecified atom stereocenters. The molecule has 0 fully saturated rings. The number of phenolic OH excluding ortho intramolecular Hbond substituents is 1. The Morgan fingerprint density at radius 1 is 1.08 bits per heavy atom. The quantitative estimate of drug-likeness (QED) is 0.612. The Kier molecular flexibility index (Phi) is 5.39. The smallest absolute Gasteiger partial charge is 0.220 e. The molecule has 0 saturated carbocycles. The molecule has 3 aromatic carbocycles. The minimum atomic E-state index is -0.404. The van der Waals surface area contributed by atoms with Gasteiger partial charge in [-0.1, -0.05) is 65.3 Å². The van der Waals surface area contributed by atoms with Crippen LogP contribution in [0.3, 0.4) is 0 Å². The van der Waals surface area contributed by atoms with E-state index in [1.165, 1.54) is 0 Å². The summed E-state index contributed by atoms with van der Waals surface area (Å²) in [5, 5.41) is 15.6. The summed E-state index contributed by atoms with van der Waals surface area (Å²) in [7, 11) is 0. The lowest BCUT2D eigenvalue weighted by Crippen LogP contribution is -2.29. The van der Waals surface area contributed by atoms with Crippen LogP contribution in [0.2, 0.25) is 0 Å². The number of carbonyl (C=O) groups excluding carboxylic acids is 1. The van der Waals surface area contributed by atoms with Gasteiger partial charge in [0, 0.05) is 16.5 Å². The number of hydrogen-bond donors (Lipinski definition) is 2. The molecule has 0 heterocycles. The van der Waals surface area contributed by atoms with Gasteiger partial charge in [0.15, 0.2) is 0 Å². The summed E-state index contributed by atoms with van der Waals surface area (Å²) in [5.74, 6) is 0.158. The molecule has 0 aliphatic heterocycles. The Labute approximate surface area is 155 Å². The fraction of sp³-hybridized carbons (Fsp3) is 0.190. The summed E-state index contributed by atoms with van der Waals surface area (Å²) in [6.45, 7) is 1.98. The first-order chi connectivity index (χ1) is 12.1. The Morgan fingerprint density at radius 2 is 1.80 bits per heavy atom. The molecule has 3 nitrogen and oxygen atoms in total. The molecule has 0 saturated heterocycles. The van der Waals surface area contributed by atoms with E-state index < -0.39 is 6.04 Å². The molecule has 2 N–H and O–H groups in total. The zero-order valence-electron chi connectivity index (χ0n) is 14.0. The Balaban J connectivity index is 2.15. The lowest BCUT2D eigenvalue weighted by molar-refractivity contribution is -0.121. The molecule has 0 spiro atoms. The number of halogens is 1. The molecular weight excluding hydrogens is 378 g/mol. The maximum atomic E-state index is 12.3. The van der Waals surface area contributed by atoms with Crippen LogP contribution < -0.4 is 5.32 Å². The first-order valence-electron chi connectivity index (χ1n) is 8.35. The Bertz CT molecular complexity index is 890. The molecular formula is C21H20BrNO2. The van der Waals surface area contributed by atoms with Crippen LogP contribution in [0.15, 0.2) is 65.1 Å². The van der Waals surface area contributed by atoms with Gasteiger partial charge in [-0.25, -0.2) is 0 Å². The van der Waals surface area contributed by atoms with Crippen molar-refractivity contribution in [2.24, 2.45) is 0 Å². The molecule has 3 rings (SSSR count). The highest BCUT2D eigenvalue weighted by atomic mass is 79.9. The number of hydrogen-bond acceptors (Lipinski definition) is 2. The van der Waals surface area contributed by atoms with Crippen LogP contribution in [0.25, 0.3) is 10.8 Å². The second-order valence-electron chi connectivity index (χ2n) is 6.02. The molecule has 0 aliphatic rings. The fourth-order valence-electron chi connectivity index (χ4n) is 3.03. The predicted molar refractivity (Wildman–Crippen MR) is 105 cm³/mol. The minimum absolute atomic E-state index is 0.0252. The van der Waals surface area contributed by atoms with E-state index in [-0.39, 0.29) is 11.7 Å². The van der Waals surface area contributed by atoms with E-state index in [1.807, 2.05) is 61.5 Å². The van der Waals surface area contributed by atoms with Crippen molar-refractivity contribution in [3.63, 3.8) is 0 Å². The number of aromatic hydroxyl groups is 1. The zero-order valence-corrected chi connectivity index (χ0v) is 15.6. The number of rotatable bonds is 5. The maximum absolute atomic E-state index is 12.3. The van der Waals surface area contributed by atoms with Crippen molar-refractivity contribution in [3.05, 3.63) is 76.3 Å². The summed E-state index contributed by atoms with van der Waals surface area (Å²) in [4.78, 5) is 12.3. The van der Waals surface area contributed by atoms with Gasteiger partial charge in [-0.2, -0.15) is 0 Å². The van der Waals surface area contributed by atoms with Crippen LogP contribution in [0, 0.1) is 0 Å². The van der Waals surface area contributed by atoms with Crippen LogP contribution in [-0.4, -0.2) is 11.0 Å². The van der Waals surface area contributed by atoms with E-state index in [0.29, 0.717) is 6.42 Å². The highest BCUT2D eigenvalue weighted by Crippen LogP contribution is 2.36. The van der Waals surface area contributed by atoms with Crippen molar-refractivity contribution in [1.29, 1.82) is 0 Å². The van der Waals surface area contributed by atoms with Gasteiger partial charge in [0.05, 0.1) is 6.04 Å². The molecule has 1 amide bonds. The van der Waals surface area contributed by atoms with Crippen molar-refractivity contribution in [2.45, 2.75) is 25.8 Å². The molecule has 3 aromatic rings. The summed E-state index contributed by atoms with van der Waals surface area (Å²) >= 11 is 3.44. The van der Waals surface area contributed by atoms with Gasteiger partial charge < -0.3 is 10.4 Å². The van der Waals surface area contributed by atoms with E-state index in [2.05, 4.69) is 21.2 Å². The molecule has 0 aromatic heterocycles. The molecule has 0 aliphatic carbocycles. The van der Waals surface area contributed by atoms with Gasteiger partial charge in [-0.05, 0) is 41.0 Å². The summed E-state index contributed by atoms with van der Waals surface area (Å²) in [5.41, 5.74) is 1.66. The predicted octanol–water partition coefficient (Wildman–Crippen LogP) is 5.31. The van der Waals surface area contributed by atoms with Crippen LogP contribution >= 0.6 is 15.9 Å².